The Hall–Kier alpha value is -0.710. The van der Waals surface area contributed by atoms with Gasteiger partial charge in [-0.25, -0.2) is 0 Å². The highest BCUT2D eigenvalue weighted by atomic mass is 32.2. The van der Waals surface area contributed by atoms with E-state index in [1.165, 1.54) is 11.8 Å². The minimum absolute atomic E-state index is 0.116. The molecule has 0 saturated carbocycles. The van der Waals surface area contributed by atoms with Crippen molar-refractivity contribution >= 4 is 23.7 Å². The average Bonchev–Trinajstić information content (AvgIpc) is 1.98. The number of hydrogen-bond acceptors (Lipinski definition) is 5. The van der Waals surface area contributed by atoms with Gasteiger partial charge in [-0.15, -0.1) is 11.8 Å². The molecule has 0 radical (unpaired) electrons. The van der Waals surface area contributed by atoms with Crippen LogP contribution in [0.15, 0.2) is 0 Å². The van der Waals surface area contributed by atoms with Gasteiger partial charge in [0.05, 0.1) is 17.6 Å². The van der Waals surface area contributed by atoms with Gasteiger partial charge in [-0.05, 0) is 34.6 Å². The monoisotopic (exact) mass is 248 g/mol. The third-order valence-corrected chi connectivity index (χ3v) is 2.11. The lowest BCUT2D eigenvalue weighted by Crippen LogP contribution is -2.25. The largest absolute Gasteiger partial charge is 0.462 e. The summed E-state index contributed by atoms with van der Waals surface area (Å²) in [6.07, 6.45) is -0.116. The Labute approximate surface area is 101 Å². The highest BCUT2D eigenvalue weighted by Gasteiger charge is 2.16. The summed E-state index contributed by atoms with van der Waals surface area (Å²) < 4.78 is 10.0. The van der Waals surface area contributed by atoms with E-state index in [9.17, 15) is 9.59 Å². The predicted octanol–water partition coefficient (Wildman–Crippen LogP) is 2.01. The molecule has 4 nitrogen and oxygen atoms in total. The van der Waals surface area contributed by atoms with Gasteiger partial charge in [0, 0.05) is 0 Å². The molecule has 0 aliphatic carbocycles. The van der Waals surface area contributed by atoms with Gasteiger partial charge < -0.3 is 9.47 Å². The van der Waals surface area contributed by atoms with Crippen LogP contribution in [-0.2, 0) is 19.1 Å². The van der Waals surface area contributed by atoms with Crippen LogP contribution in [0.25, 0.3) is 0 Å². The molecule has 0 unspecified atom stereocenters. The highest BCUT2D eigenvalue weighted by molar-refractivity contribution is 8.00. The molecule has 0 aromatic rings. The lowest BCUT2D eigenvalue weighted by Gasteiger charge is -2.19. The molecule has 0 aromatic heterocycles. The Morgan fingerprint density at radius 3 is 2.06 bits per heavy atom. The minimum atomic E-state index is -0.476. The molecule has 0 rings (SSSR count). The fourth-order valence-electron chi connectivity index (χ4n) is 0.886. The molecule has 0 bridgehead atoms. The van der Waals surface area contributed by atoms with Crippen molar-refractivity contribution in [3.8, 4) is 0 Å². The van der Waals surface area contributed by atoms with Gasteiger partial charge in [0.25, 0.3) is 0 Å². The summed E-state index contributed by atoms with van der Waals surface area (Å²) in [5, 5.41) is 0. The second-order valence-electron chi connectivity index (χ2n) is 4.62. The van der Waals surface area contributed by atoms with Gasteiger partial charge in [0.15, 0.2) is 0 Å². The molecule has 0 spiro atoms. The number of rotatable bonds is 5. The van der Waals surface area contributed by atoms with Crippen molar-refractivity contribution in [1.82, 2.24) is 0 Å². The van der Waals surface area contributed by atoms with Crippen molar-refractivity contribution in [2.45, 2.75) is 46.3 Å². The smallest absolute Gasteiger partial charge is 0.316 e. The zero-order valence-corrected chi connectivity index (χ0v) is 11.3. The van der Waals surface area contributed by atoms with Crippen LogP contribution in [0.2, 0.25) is 0 Å². The molecule has 0 aliphatic rings. The Kier molecular flexibility index (Phi) is 6.48. The molecule has 5 heteroatoms. The molecule has 0 N–H and O–H groups in total. The Balaban J connectivity index is 3.66. The van der Waals surface area contributed by atoms with E-state index < -0.39 is 5.60 Å². The van der Waals surface area contributed by atoms with Crippen LogP contribution in [0, 0.1) is 0 Å². The second kappa shape index (κ2) is 6.78. The van der Waals surface area contributed by atoms with Crippen molar-refractivity contribution in [3.05, 3.63) is 0 Å². The first kappa shape index (κ1) is 15.3. The van der Waals surface area contributed by atoms with E-state index in [-0.39, 0.29) is 29.5 Å². The average molecular weight is 248 g/mol. The van der Waals surface area contributed by atoms with E-state index in [0.29, 0.717) is 0 Å². The lowest BCUT2D eigenvalue weighted by atomic mass is 10.2. The quantitative estimate of drug-likeness (QED) is 0.697. The van der Waals surface area contributed by atoms with E-state index >= 15 is 0 Å². The number of thioether (sulfide) groups is 1. The number of hydrogen-bond donors (Lipinski definition) is 0. The summed E-state index contributed by atoms with van der Waals surface area (Å²) in [7, 11) is 0. The summed E-state index contributed by atoms with van der Waals surface area (Å²) in [5.74, 6) is -0.263. The zero-order valence-electron chi connectivity index (χ0n) is 10.5. The Bertz CT molecular complexity index is 243. The normalized spacial score (nSPS) is 11.4. The highest BCUT2D eigenvalue weighted by Crippen LogP contribution is 2.10. The molecule has 0 heterocycles. The minimum Gasteiger partial charge on any atom is -0.462 e. The van der Waals surface area contributed by atoms with Crippen LogP contribution < -0.4 is 0 Å². The summed E-state index contributed by atoms with van der Waals surface area (Å²) in [5.41, 5.74) is -0.476. The van der Waals surface area contributed by atoms with Gasteiger partial charge in [-0.3, -0.25) is 9.59 Å². The number of carbonyl (C=O) groups excluding carboxylic acids is 2. The second-order valence-corrected chi connectivity index (χ2v) is 5.60. The molecule has 16 heavy (non-hydrogen) atoms. The molecule has 0 saturated heterocycles. The number of carbonyl (C=O) groups is 2. The Morgan fingerprint density at radius 2 is 1.62 bits per heavy atom. The Morgan fingerprint density at radius 1 is 1.12 bits per heavy atom. The van der Waals surface area contributed by atoms with Gasteiger partial charge in [-0.2, -0.15) is 0 Å². The molecular formula is C11H20O4S. The maximum absolute atomic E-state index is 11.3. The van der Waals surface area contributed by atoms with Crippen LogP contribution in [0.1, 0.15) is 34.6 Å². The summed E-state index contributed by atoms with van der Waals surface area (Å²) in [6.45, 7) is 9.00. The SMILES string of the molecule is CC(C)OC(=O)CSCC(=O)OC(C)(C)C. The molecular weight excluding hydrogens is 228 g/mol. The maximum atomic E-state index is 11.3. The van der Waals surface area contributed by atoms with Crippen LogP contribution in [0.5, 0.6) is 0 Å². The molecule has 0 aromatic carbocycles. The van der Waals surface area contributed by atoms with E-state index in [1.54, 1.807) is 13.8 Å². The van der Waals surface area contributed by atoms with Crippen LogP contribution in [0.4, 0.5) is 0 Å². The third-order valence-electron chi connectivity index (χ3n) is 1.23. The van der Waals surface area contributed by atoms with Crippen molar-refractivity contribution in [2.24, 2.45) is 0 Å². The van der Waals surface area contributed by atoms with Gasteiger partial charge >= 0.3 is 11.9 Å². The predicted molar refractivity (Wildman–Crippen MR) is 64.4 cm³/mol. The van der Waals surface area contributed by atoms with E-state index in [1.807, 2.05) is 20.8 Å². The van der Waals surface area contributed by atoms with Crippen LogP contribution >= 0.6 is 11.8 Å². The fraction of sp³-hybridized carbons (Fsp3) is 0.818. The van der Waals surface area contributed by atoms with Crippen LogP contribution in [0.3, 0.4) is 0 Å². The van der Waals surface area contributed by atoms with E-state index in [4.69, 9.17) is 9.47 Å². The van der Waals surface area contributed by atoms with Crippen molar-refractivity contribution in [2.75, 3.05) is 11.5 Å². The number of esters is 2. The van der Waals surface area contributed by atoms with Crippen molar-refractivity contribution in [3.63, 3.8) is 0 Å². The molecule has 0 amide bonds. The van der Waals surface area contributed by atoms with Crippen molar-refractivity contribution in [1.29, 1.82) is 0 Å². The zero-order chi connectivity index (χ0) is 12.8. The van der Waals surface area contributed by atoms with Gasteiger partial charge in [-0.1, -0.05) is 0 Å². The molecule has 94 valence electrons. The number of ether oxygens (including phenoxy) is 2. The van der Waals surface area contributed by atoms with E-state index in [2.05, 4.69) is 0 Å². The summed E-state index contributed by atoms with van der Waals surface area (Å²) in [4.78, 5) is 22.4. The third kappa shape index (κ3) is 9.83. The fourth-order valence-corrected chi connectivity index (χ4v) is 1.45. The molecule has 0 atom stereocenters. The maximum Gasteiger partial charge on any atom is 0.316 e. The molecule has 0 fully saturated rings. The van der Waals surface area contributed by atoms with E-state index in [0.717, 1.165) is 0 Å². The summed E-state index contributed by atoms with van der Waals surface area (Å²) in [6, 6.07) is 0. The van der Waals surface area contributed by atoms with Crippen LogP contribution in [-0.4, -0.2) is 35.1 Å². The first-order chi connectivity index (χ1) is 7.20. The topological polar surface area (TPSA) is 52.6 Å². The molecule has 0 aliphatic heterocycles. The van der Waals surface area contributed by atoms with Gasteiger partial charge in [0.1, 0.15) is 5.60 Å². The first-order valence-electron chi connectivity index (χ1n) is 5.20. The van der Waals surface area contributed by atoms with Crippen molar-refractivity contribution < 1.29 is 19.1 Å². The first-order valence-corrected chi connectivity index (χ1v) is 6.35. The standard InChI is InChI=1S/C11H20O4S/c1-8(2)14-9(12)6-16-7-10(13)15-11(3,4)5/h8H,6-7H2,1-5H3. The van der Waals surface area contributed by atoms with Gasteiger partial charge in [0.2, 0.25) is 0 Å². The summed E-state index contributed by atoms with van der Waals surface area (Å²) >= 11 is 1.20. The lowest BCUT2D eigenvalue weighted by molar-refractivity contribution is -0.151.